The first-order valence-electron chi connectivity index (χ1n) is 14.8. The molecule has 0 spiro atoms. The van der Waals surface area contributed by atoms with Gasteiger partial charge in [0.25, 0.3) is 0 Å². The van der Waals surface area contributed by atoms with Gasteiger partial charge < -0.3 is 12.4 Å². The molecule has 7 aromatic rings. The molecule has 3 aromatic heterocycles. The molecule has 228 valence electrons. The Bertz CT molecular complexity index is 1810. The Balaban J connectivity index is 0.00000208. The van der Waals surface area contributed by atoms with Gasteiger partial charge >= 0.3 is 22.4 Å². The maximum Gasteiger partial charge on any atom is 1.00 e. The molecule has 3 nitrogen and oxygen atoms in total. The summed E-state index contributed by atoms with van der Waals surface area (Å²) in [5, 5.41) is 4.15. The maximum absolute atomic E-state index is 4.95. The molecule has 46 heavy (non-hydrogen) atoms. The summed E-state index contributed by atoms with van der Waals surface area (Å²) in [7, 11) is -1.98. The van der Waals surface area contributed by atoms with Crippen LogP contribution in [0.5, 0.6) is 0 Å². The zero-order valence-corrected chi connectivity index (χ0v) is 28.7. The fourth-order valence-corrected chi connectivity index (χ4v) is 10.1. The molecule has 0 saturated heterocycles. The molecular formula is C40H31AuClN3P+. The minimum atomic E-state index is -1.98. The minimum Gasteiger partial charge on any atom is -1.00 e. The number of pyridine rings is 3. The average molecular weight is 817 g/mol. The summed E-state index contributed by atoms with van der Waals surface area (Å²) in [6.07, 6.45) is 4.54. The predicted octanol–water partition coefficient (Wildman–Crippen LogP) is 5.37. The van der Waals surface area contributed by atoms with Crippen molar-refractivity contribution >= 4 is 23.2 Å². The van der Waals surface area contributed by atoms with Gasteiger partial charge in [0.15, 0.2) is 0 Å². The van der Waals surface area contributed by atoms with Gasteiger partial charge in [0.1, 0.15) is 23.2 Å². The van der Waals surface area contributed by atoms with E-state index in [2.05, 4.69) is 137 Å². The number of halogens is 1. The number of nitrogens with zero attached hydrogens (tertiary/aromatic N) is 3. The van der Waals surface area contributed by atoms with Crippen LogP contribution in [0.4, 0.5) is 0 Å². The molecule has 0 unspecified atom stereocenters. The molecule has 6 heteroatoms. The molecule has 0 bridgehead atoms. The Morgan fingerprint density at radius 3 is 1.22 bits per heavy atom. The van der Waals surface area contributed by atoms with Gasteiger partial charge in [-0.3, -0.25) is 9.97 Å². The van der Waals surface area contributed by atoms with E-state index in [1.807, 2.05) is 36.4 Å². The van der Waals surface area contributed by atoms with Gasteiger partial charge in [-0.15, -0.1) is 0 Å². The molecule has 3 heterocycles. The SMILES string of the molecule is [Au+].[Cl-].c1ccc([P+](Cc2ccc(-c3cc(-c4ccccn4)nc(-c4ccccn4)c3)cc2)(c2ccccc2)c2ccccc2)cc1. The van der Waals surface area contributed by atoms with Gasteiger partial charge in [-0.2, -0.15) is 0 Å². The van der Waals surface area contributed by atoms with Crippen molar-refractivity contribution in [2.45, 2.75) is 6.16 Å². The van der Waals surface area contributed by atoms with E-state index in [0.29, 0.717) is 0 Å². The van der Waals surface area contributed by atoms with E-state index in [9.17, 15) is 0 Å². The third kappa shape index (κ3) is 6.95. The van der Waals surface area contributed by atoms with Crippen molar-refractivity contribution in [1.82, 2.24) is 15.0 Å². The van der Waals surface area contributed by atoms with Crippen LogP contribution in [0, 0.1) is 0 Å². The van der Waals surface area contributed by atoms with Crippen LogP contribution >= 0.6 is 7.26 Å². The van der Waals surface area contributed by atoms with E-state index < -0.39 is 7.26 Å². The molecule has 0 aliphatic rings. The van der Waals surface area contributed by atoms with Crippen LogP contribution in [0.3, 0.4) is 0 Å². The fraction of sp³-hybridized carbons (Fsp3) is 0.0250. The third-order valence-corrected chi connectivity index (χ3v) is 12.4. The number of hydrogen-bond donors (Lipinski definition) is 0. The maximum atomic E-state index is 4.95. The van der Waals surface area contributed by atoms with Gasteiger partial charge in [-0.05, 0) is 89.5 Å². The second-order valence-electron chi connectivity index (χ2n) is 10.7. The van der Waals surface area contributed by atoms with Gasteiger partial charge in [-0.1, -0.05) is 91.0 Å². The second kappa shape index (κ2) is 15.4. The molecule has 7 rings (SSSR count). The summed E-state index contributed by atoms with van der Waals surface area (Å²) in [6.45, 7) is 0. The number of rotatable bonds is 8. The molecular weight excluding hydrogens is 786 g/mol. The number of benzene rings is 4. The Morgan fingerprint density at radius 2 is 0.826 bits per heavy atom. The van der Waals surface area contributed by atoms with E-state index in [1.165, 1.54) is 21.5 Å². The summed E-state index contributed by atoms with van der Waals surface area (Å²) in [6, 6.07) is 58.3. The van der Waals surface area contributed by atoms with Crippen molar-refractivity contribution < 1.29 is 34.8 Å². The summed E-state index contributed by atoms with van der Waals surface area (Å²) in [4.78, 5) is 14.1. The fourth-order valence-electron chi connectivity index (χ4n) is 5.83. The van der Waals surface area contributed by atoms with Crippen molar-refractivity contribution in [3.63, 3.8) is 0 Å². The zero-order valence-electron chi connectivity index (χ0n) is 24.9. The first kappa shape index (κ1) is 33.2. The molecule has 0 aliphatic heterocycles. The summed E-state index contributed by atoms with van der Waals surface area (Å²) in [5.74, 6) is 0. The van der Waals surface area contributed by atoms with Crippen LogP contribution in [-0.4, -0.2) is 15.0 Å². The van der Waals surface area contributed by atoms with Gasteiger partial charge in [0, 0.05) is 12.4 Å². The predicted molar refractivity (Wildman–Crippen MR) is 185 cm³/mol. The van der Waals surface area contributed by atoms with Crippen LogP contribution in [0.15, 0.2) is 176 Å². The summed E-state index contributed by atoms with van der Waals surface area (Å²) in [5.41, 5.74) is 6.86. The zero-order chi connectivity index (χ0) is 29.6. The van der Waals surface area contributed by atoms with Crippen molar-refractivity contribution in [3.8, 4) is 33.9 Å². The van der Waals surface area contributed by atoms with Crippen molar-refractivity contribution in [2.75, 3.05) is 0 Å². The van der Waals surface area contributed by atoms with E-state index in [-0.39, 0.29) is 34.8 Å². The first-order chi connectivity index (χ1) is 21.8. The van der Waals surface area contributed by atoms with E-state index >= 15 is 0 Å². The monoisotopic (exact) mass is 816 g/mol. The van der Waals surface area contributed by atoms with E-state index in [1.54, 1.807) is 12.4 Å². The van der Waals surface area contributed by atoms with Crippen molar-refractivity contribution in [1.29, 1.82) is 0 Å². The molecule has 0 aliphatic carbocycles. The molecule has 0 amide bonds. The average Bonchev–Trinajstić information content (AvgIpc) is 3.12. The quantitative estimate of drug-likeness (QED) is 0.153. The van der Waals surface area contributed by atoms with Gasteiger partial charge in [0.05, 0.1) is 28.9 Å². The standard InChI is InChI=1S/C40H31N3P.Au.ClH/c1-4-14-34(15-5-1)44(35-16-6-2-7-17-35,36-18-8-3-9-19-36)30-31-22-24-32(25-23-31)33-28-39(37-20-10-12-26-41-37)43-40(29-33)38-21-11-13-27-42-38;;/h1-29H,30H2;;1H/q2*+1;/p-1. The molecule has 0 saturated carbocycles. The largest absolute Gasteiger partial charge is 1.00 e. The van der Waals surface area contributed by atoms with Crippen LogP contribution in [-0.2, 0) is 28.5 Å². The van der Waals surface area contributed by atoms with Gasteiger partial charge in [0.2, 0.25) is 0 Å². The Morgan fingerprint density at radius 1 is 0.413 bits per heavy atom. The summed E-state index contributed by atoms with van der Waals surface area (Å²) < 4.78 is 0. The van der Waals surface area contributed by atoms with E-state index in [0.717, 1.165) is 40.1 Å². The summed E-state index contributed by atoms with van der Waals surface area (Å²) >= 11 is 0. The molecule has 0 radical (unpaired) electrons. The third-order valence-electron chi connectivity index (χ3n) is 7.98. The van der Waals surface area contributed by atoms with Crippen LogP contribution < -0.4 is 28.3 Å². The van der Waals surface area contributed by atoms with Crippen LogP contribution in [0.1, 0.15) is 5.56 Å². The van der Waals surface area contributed by atoms with Crippen LogP contribution in [0.2, 0.25) is 0 Å². The van der Waals surface area contributed by atoms with Crippen molar-refractivity contribution in [2.24, 2.45) is 0 Å². The molecule has 0 fully saturated rings. The second-order valence-corrected chi connectivity index (χ2v) is 14.2. The number of hydrogen-bond acceptors (Lipinski definition) is 3. The van der Waals surface area contributed by atoms with Crippen LogP contribution in [0.25, 0.3) is 33.9 Å². The Labute approximate surface area is 293 Å². The topological polar surface area (TPSA) is 38.7 Å². The smallest absolute Gasteiger partial charge is 1.00 e. The molecule has 4 aromatic carbocycles. The Kier molecular flexibility index (Phi) is 11.1. The minimum absolute atomic E-state index is 0. The van der Waals surface area contributed by atoms with Crippen molar-refractivity contribution in [3.05, 3.63) is 182 Å². The Hall–Kier alpha value is -4.21. The first-order valence-corrected chi connectivity index (χ1v) is 16.8. The number of aromatic nitrogens is 3. The van der Waals surface area contributed by atoms with E-state index in [4.69, 9.17) is 4.98 Å². The van der Waals surface area contributed by atoms with Gasteiger partial charge in [-0.25, -0.2) is 4.98 Å². The molecule has 0 N–H and O–H groups in total. The normalized spacial score (nSPS) is 10.8. The molecule has 0 atom stereocenters.